The van der Waals surface area contributed by atoms with Gasteiger partial charge in [-0.05, 0) is 49.2 Å². The summed E-state index contributed by atoms with van der Waals surface area (Å²) in [6.07, 6.45) is 4.22. The van der Waals surface area contributed by atoms with Gasteiger partial charge in [-0.25, -0.2) is 0 Å². The zero-order valence-corrected chi connectivity index (χ0v) is 18.7. The van der Waals surface area contributed by atoms with E-state index in [4.69, 9.17) is 8.94 Å². The van der Waals surface area contributed by atoms with Crippen LogP contribution in [0, 0.1) is 10.1 Å². The van der Waals surface area contributed by atoms with Gasteiger partial charge in [0.15, 0.2) is 5.76 Å². The number of nitrogens with zero attached hydrogens (tertiary/aromatic N) is 4. The molecule has 1 fully saturated rings. The molecule has 10 heteroatoms. The fourth-order valence-electron chi connectivity index (χ4n) is 4.53. The van der Waals surface area contributed by atoms with Crippen LogP contribution < -0.4 is 4.90 Å². The molecule has 0 radical (unpaired) electrons. The van der Waals surface area contributed by atoms with Crippen LogP contribution in [-0.4, -0.2) is 27.0 Å². The first-order chi connectivity index (χ1) is 16.6. The molecule has 0 N–H and O–H groups in total. The fraction of sp³-hybridized carbons (Fsp3) is 0.208. The molecule has 170 valence electrons. The Morgan fingerprint density at radius 3 is 2.68 bits per heavy atom. The Hall–Kier alpha value is -3.92. The third-order valence-corrected chi connectivity index (χ3v) is 7.25. The quantitative estimate of drug-likeness (QED) is 0.263. The molecule has 1 amide bonds. The van der Waals surface area contributed by atoms with Gasteiger partial charge in [0.1, 0.15) is 4.92 Å². The number of carbonyl (C=O) groups is 1. The van der Waals surface area contributed by atoms with E-state index in [0.717, 1.165) is 41.2 Å². The maximum absolute atomic E-state index is 13.6. The molecule has 0 saturated heterocycles. The SMILES string of the molecule is O=C1c2ccccc2Sc2cc(-c3noc(-c4ccc([N+](=O)[O-])o4)n3)ccc2N1C1CCCC1. The molecule has 6 rings (SSSR count). The number of benzene rings is 2. The van der Waals surface area contributed by atoms with Crippen molar-refractivity contribution in [3.8, 4) is 23.0 Å². The van der Waals surface area contributed by atoms with Crippen LogP contribution in [0.25, 0.3) is 23.0 Å². The Balaban J connectivity index is 1.40. The van der Waals surface area contributed by atoms with Gasteiger partial charge in [0.25, 0.3) is 11.8 Å². The summed E-state index contributed by atoms with van der Waals surface area (Å²) < 4.78 is 10.5. The average Bonchev–Trinajstić information content (AvgIpc) is 3.60. The Labute approximate surface area is 197 Å². The highest BCUT2D eigenvalue weighted by molar-refractivity contribution is 7.99. The van der Waals surface area contributed by atoms with E-state index in [1.165, 1.54) is 12.1 Å². The van der Waals surface area contributed by atoms with Gasteiger partial charge in [0.2, 0.25) is 5.82 Å². The van der Waals surface area contributed by atoms with Crippen molar-refractivity contribution in [3.05, 3.63) is 70.3 Å². The minimum atomic E-state index is -0.625. The van der Waals surface area contributed by atoms with Gasteiger partial charge in [0.05, 0.1) is 17.3 Å². The molecule has 9 nitrogen and oxygen atoms in total. The summed E-state index contributed by atoms with van der Waals surface area (Å²) in [5, 5.41) is 14.9. The number of aromatic nitrogens is 2. The van der Waals surface area contributed by atoms with Crippen LogP contribution in [0.1, 0.15) is 36.0 Å². The van der Waals surface area contributed by atoms with Gasteiger partial charge in [-0.2, -0.15) is 4.98 Å². The zero-order chi connectivity index (χ0) is 23.2. The molecule has 4 aromatic rings. The second-order valence-electron chi connectivity index (χ2n) is 8.21. The first-order valence-corrected chi connectivity index (χ1v) is 11.7. The molecule has 1 saturated carbocycles. The minimum Gasteiger partial charge on any atom is -0.395 e. The van der Waals surface area contributed by atoms with Crippen molar-refractivity contribution >= 4 is 29.2 Å². The van der Waals surface area contributed by atoms with E-state index in [-0.39, 0.29) is 23.6 Å². The van der Waals surface area contributed by atoms with E-state index >= 15 is 0 Å². The third-order valence-electron chi connectivity index (χ3n) is 6.13. The lowest BCUT2D eigenvalue weighted by Crippen LogP contribution is -2.39. The highest BCUT2D eigenvalue weighted by atomic mass is 32.2. The van der Waals surface area contributed by atoms with E-state index < -0.39 is 10.8 Å². The molecular weight excluding hydrogens is 456 g/mol. The number of carbonyl (C=O) groups excluding carboxylic acids is 1. The van der Waals surface area contributed by atoms with Crippen molar-refractivity contribution in [2.75, 3.05) is 4.90 Å². The molecule has 3 heterocycles. The van der Waals surface area contributed by atoms with Crippen molar-refractivity contribution in [2.24, 2.45) is 0 Å². The minimum absolute atomic E-state index is 0.0303. The van der Waals surface area contributed by atoms with Crippen molar-refractivity contribution in [1.29, 1.82) is 0 Å². The summed E-state index contributed by atoms with van der Waals surface area (Å²) >= 11 is 1.55. The highest BCUT2D eigenvalue weighted by Crippen LogP contribution is 2.45. The van der Waals surface area contributed by atoms with Crippen LogP contribution in [0.15, 0.2) is 73.3 Å². The number of rotatable bonds is 4. The maximum atomic E-state index is 13.6. The number of hydrogen-bond acceptors (Lipinski definition) is 8. The van der Waals surface area contributed by atoms with Crippen LogP contribution in [0.3, 0.4) is 0 Å². The smallest absolute Gasteiger partial charge is 0.395 e. The van der Waals surface area contributed by atoms with Crippen LogP contribution in [0.5, 0.6) is 0 Å². The molecule has 0 bridgehead atoms. The lowest BCUT2D eigenvalue weighted by Gasteiger charge is -2.29. The monoisotopic (exact) mass is 474 g/mol. The molecule has 0 unspecified atom stereocenters. The fourth-order valence-corrected chi connectivity index (χ4v) is 5.64. The Morgan fingerprint density at radius 2 is 1.88 bits per heavy atom. The summed E-state index contributed by atoms with van der Waals surface area (Å²) in [5.41, 5.74) is 2.30. The van der Waals surface area contributed by atoms with Crippen LogP contribution in [-0.2, 0) is 0 Å². The van der Waals surface area contributed by atoms with Crippen molar-refractivity contribution in [1.82, 2.24) is 10.1 Å². The lowest BCUT2D eigenvalue weighted by molar-refractivity contribution is -0.401. The van der Waals surface area contributed by atoms with Gasteiger partial charge < -0.3 is 13.8 Å². The number of hydrogen-bond donors (Lipinski definition) is 0. The van der Waals surface area contributed by atoms with E-state index in [2.05, 4.69) is 10.1 Å². The second kappa shape index (κ2) is 8.14. The second-order valence-corrected chi connectivity index (χ2v) is 9.30. The Kier molecular flexibility index (Phi) is 4.95. The Bertz CT molecular complexity index is 1420. The van der Waals surface area contributed by atoms with Crippen LogP contribution in [0.4, 0.5) is 11.6 Å². The normalized spacial score (nSPS) is 15.8. The standard InChI is InChI=1S/C24H18N4O5S/c29-24-16-7-3-4-8-19(16)34-20-13-14(9-10-17(20)27(24)15-5-1-2-6-15)22-25-23(33-26-22)18-11-12-21(32-18)28(30)31/h3-4,7-13,15H,1-2,5-6H2. The molecule has 2 aliphatic rings. The van der Waals surface area contributed by atoms with E-state index in [0.29, 0.717) is 17.0 Å². The largest absolute Gasteiger partial charge is 0.433 e. The summed E-state index contributed by atoms with van der Waals surface area (Å²) in [5.74, 6) is 0.142. The van der Waals surface area contributed by atoms with Gasteiger partial charge in [-0.3, -0.25) is 14.9 Å². The van der Waals surface area contributed by atoms with Gasteiger partial charge in [-0.15, -0.1) is 0 Å². The number of fused-ring (bicyclic) bond motifs is 2. The number of nitro groups is 1. The predicted molar refractivity (Wildman–Crippen MR) is 124 cm³/mol. The van der Waals surface area contributed by atoms with E-state index in [1.807, 2.05) is 47.4 Å². The molecule has 0 atom stereocenters. The number of furan rings is 1. The number of amides is 1. The third kappa shape index (κ3) is 3.47. The van der Waals surface area contributed by atoms with E-state index in [9.17, 15) is 14.9 Å². The lowest BCUT2D eigenvalue weighted by atomic mass is 10.1. The maximum Gasteiger partial charge on any atom is 0.433 e. The van der Waals surface area contributed by atoms with Gasteiger partial charge >= 0.3 is 5.88 Å². The van der Waals surface area contributed by atoms with Gasteiger partial charge in [-0.1, -0.05) is 41.9 Å². The van der Waals surface area contributed by atoms with E-state index in [1.54, 1.807) is 11.8 Å². The molecule has 34 heavy (non-hydrogen) atoms. The summed E-state index contributed by atoms with van der Waals surface area (Å²) in [4.78, 5) is 32.0. The highest BCUT2D eigenvalue weighted by Gasteiger charge is 2.34. The Morgan fingerprint density at radius 1 is 1.06 bits per heavy atom. The summed E-state index contributed by atoms with van der Waals surface area (Å²) in [7, 11) is 0. The van der Waals surface area contributed by atoms with Crippen molar-refractivity contribution in [2.45, 2.75) is 41.5 Å². The van der Waals surface area contributed by atoms with Crippen LogP contribution >= 0.6 is 11.8 Å². The van der Waals surface area contributed by atoms with Gasteiger partial charge in [0, 0.05) is 21.4 Å². The predicted octanol–water partition coefficient (Wildman–Crippen LogP) is 5.96. The molecular formula is C24H18N4O5S. The number of anilines is 1. The molecule has 1 aliphatic heterocycles. The molecule has 0 spiro atoms. The first-order valence-electron chi connectivity index (χ1n) is 10.9. The average molecular weight is 474 g/mol. The summed E-state index contributed by atoms with van der Waals surface area (Å²) in [6, 6.07) is 16.3. The summed E-state index contributed by atoms with van der Waals surface area (Å²) in [6.45, 7) is 0. The zero-order valence-electron chi connectivity index (χ0n) is 17.8. The molecule has 2 aromatic carbocycles. The topological polar surface area (TPSA) is 116 Å². The van der Waals surface area contributed by atoms with Crippen molar-refractivity contribution in [3.63, 3.8) is 0 Å². The van der Waals surface area contributed by atoms with Crippen molar-refractivity contribution < 1.29 is 18.7 Å². The first kappa shape index (κ1) is 20.7. The molecule has 2 aromatic heterocycles. The molecule has 1 aliphatic carbocycles. The van der Waals surface area contributed by atoms with Crippen LogP contribution in [0.2, 0.25) is 0 Å².